The highest BCUT2D eigenvalue weighted by Gasteiger charge is 2.14. The lowest BCUT2D eigenvalue weighted by molar-refractivity contribution is 0.171. The van der Waals surface area contributed by atoms with Gasteiger partial charge in [-0.25, -0.2) is 0 Å². The van der Waals surface area contributed by atoms with Crippen molar-refractivity contribution in [2.45, 2.75) is 11.4 Å². The molecule has 21 heavy (non-hydrogen) atoms. The molecular weight excluding hydrogens is 350 g/mol. The Kier molecular flexibility index (Phi) is 4.60. The van der Waals surface area contributed by atoms with Crippen molar-refractivity contribution in [3.05, 3.63) is 46.4 Å². The standard InChI is InChI=1S/C16H16BrNO2S/c1-21-12-4-2-11(3-5-12)10-18-14-9-16-15(8-13(14)17)19-6-7-20-16/h2-5,8-9,18H,6-7,10H2,1H3. The van der Waals surface area contributed by atoms with Crippen LogP contribution in [-0.2, 0) is 6.54 Å². The molecule has 0 unspecified atom stereocenters. The molecule has 1 heterocycles. The summed E-state index contributed by atoms with van der Waals surface area (Å²) in [6, 6.07) is 12.5. The van der Waals surface area contributed by atoms with Gasteiger partial charge in [0.15, 0.2) is 11.5 Å². The number of thioether (sulfide) groups is 1. The normalized spacial score (nSPS) is 13.0. The Morgan fingerprint density at radius 3 is 2.43 bits per heavy atom. The lowest BCUT2D eigenvalue weighted by Gasteiger charge is -2.20. The smallest absolute Gasteiger partial charge is 0.163 e. The van der Waals surface area contributed by atoms with E-state index in [1.54, 1.807) is 11.8 Å². The number of nitrogens with one attached hydrogen (secondary N) is 1. The summed E-state index contributed by atoms with van der Waals surface area (Å²) in [6.07, 6.45) is 2.08. The summed E-state index contributed by atoms with van der Waals surface area (Å²) in [5, 5.41) is 3.43. The Bertz CT molecular complexity index is 631. The van der Waals surface area contributed by atoms with Gasteiger partial charge in [0, 0.05) is 28.0 Å². The summed E-state index contributed by atoms with van der Waals surface area (Å²) < 4.78 is 12.2. The fourth-order valence-corrected chi connectivity index (χ4v) is 3.01. The number of hydrogen-bond donors (Lipinski definition) is 1. The van der Waals surface area contributed by atoms with Crippen LogP contribution in [-0.4, -0.2) is 19.5 Å². The lowest BCUT2D eigenvalue weighted by Crippen LogP contribution is -2.15. The molecule has 110 valence electrons. The van der Waals surface area contributed by atoms with E-state index in [-0.39, 0.29) is 0 Å². The molecule has 1 N–H and O–H groups in total. The second-order valence-electron chi connectivity index (χ2n) is 4.68. The van der Waals surface area contributed by atoms with Crippen LogP contribution < -0.4 is 14.8 Å². The highest BCUT2D eigenvalue weighted by molar-refractivity contribution is 9.10. The Balaban J connectivity index is 1.72. The molecule has 1 aliphatic rings. The highest BCUT2D eigenvalue weighted by atomic mass is 79.9. The molecular formula is C16H16BrNO2S. The van der Waals surface area contributed by atoms with E-state index in [2.05, 4.69) is 51.8 Å². The number of ether oxygens (including phenoxy) is 2. The molecule has 0 radical (unpaired) electrons. The van der Waals surface area contributed by atoms with E-state index < -0.39 is 0 Å². The van der Waals surface area contributed by atoms with E-state index in [0.717, 1.165) is 28.2 Å². The maximum Gasteiger partial charge on any atom is 0.163 e. The average molecular weight is 366 g/mol. The zero-order valence-electron chi connectivity index (χ0n) is 11.7. The molecule has 0 fully saturated rings. The number of benzene rings is 2. The van der Waals surface area contributed by atoms with Gasteiger partial charge in [-0.1, -0.05) is 12.1 Å². The van der Waals surface area contributed by atoms with Gasteiger partial charge in [-0.3, -0.25) is 0 Å². The Hall–Kier alpha value is -1.33. The molecule has 0 atom stereocenters. The van der Waals surface area contributed by atoms with Gasteiger partial charge in [-0.2, -0.15) is 0 Å². The summed E-state index contributed by atoms with van der Waals surface area (Å²) in [7, 11) is 0. The third kappa shape index (κ3) is 3.47. The number of hydrogen-bond acceptors (Lipinski definition) is 4. The topological polar surface area (TPSA) is 30.5 Å². The van der Waals surface area contributed by atoms with E-state index in [4.69, 9.17) is 9.47 Å². The predicted octanol–water partition coefficient (Wildman–Crippen LogP) is 4.55. The van der Waals surface area contributed by atoms with Crippen LogP contribution in [0.15, 0.2) is 45.8 Å². The number of rotatable bonds is 4. The molecule has 0 amide bonds. The van der Waals surface area contributed by atoms with E-state index in [1.807, 2.05) is 12.1 Å². The SMILES string of the molecule is CSc1ccc(CNc2cc3c(cc2Br)OCCO3)cc1. The Morgan fingerprint density at radius 1 is 1.10 bits per heavy atom. The van der Waals surface area contributed by atoms with Crippen LogP contribution in [0.25, 0.3) is 0 Å². The van der Waals surface area contributed by atoms with Crippen LogP contribution in [0.1, 0.15) is 5.56 Å². The Labute approximate surface area is 137 Å². The first kappa shape index (κ1) is 14.6. The van der Waals surface area contributed by atoms with Gasteiger partial charge >= 0.3 is 0 Å². The van der Waals surface area contributed by atoms with Crippen LogP contribution in [0.3, 0.4) is 0 Å². The first-order valence-electron chi connectivity index (χ1n) is 6.72. The van der Waals surface area contributed by atoms with Gasteiger partial charge in [-0.15, -0.1) is 11.8 Å². The van der Waals surface area contributed by atoms with Crippen molar-refractivity contribution in [3.8, 4) is 11.5 Å². The predicted molar refractivity (Wildman–Crippen MR) is 90.7 cm³/mol. The monoisotopic (exact) mass is 365 g/mol. The Morgan fingerprint density at radius 2 is 1.76 bits per heavy atom. The van der Waals surface area contributed by atoms with Crippen LogP contribution in [0.2, 0.25) is 0 Å². The first-order chi connectivity index (χ1) is 10.3. The number of anilines is 1. The van der Waals surface area contributed by atoms with Gasteiger partial charge in [0.25, 0.3) is 0 Å². The molecule has 2 aromatic rings. The van der Waals surface area contributed by atoms with E-state index in [0.29, 0.717) is 13.2 Å². The molecule has 3 rings (SSSR count). The van der Waals surface area contributed by atoms with Crippen LogP contribution in [0, 0.1) is 0 Å². The van der Waals surface area contributed by atoms with Gasteiger partial charge in [-0.05, 0) is 39.9 Å². The molecule has 0 aliphatic carbocycles. The zero-order chi connectivity index (χ0) is 14.7. The van der Waals surface area contributed by atoms with Crippen molar-refractivity contribution in [2.75, 3.05) is 24.8 Å². The number of fused-ring (bicyclic) bond motifs is 1. The molecule has 0 saturated heterocycles. The van der Waals surface area contributed by atoms with Gasteiger partial charge < -0.3 is 14.8 Å². The molecule has 0 spiro atoms. The first-order valence-corrected chi connectivity index (χ1v) is 8.74. The molecule has 5 heteroatoms. The summed E-state index contributed by atoms with van der Waals surface area (Å²) in [5.41, 5.74) is 2.25. The zero-order valence-corrected chi connectivity index (χ0v) is 14.1. The summed E-state index contributed by atoms with van der Waals surface area (Å²) in [4.78, 5) is 1.28. The minimum absolute atomic E-state index is 0.601. The number of halogens is 1. The van der Waals surface area contributed by atoms with Crippen molar-refractivity contribution >= 4 is 33.4 Å². The van der Waals surface area contributed by atoms with E-state index in [9.17, 15) is 0 Å². The highest BCUT2D eigenvalue weighted by Crippen LogP contribution is 2.38. The quantitative estimate of drug-likeness (QED) is 0.804. The molecule has 1 aliphatic heterocycles. The van der Waals surface area contributed by atoms with Crippen LogP contribution >= 0.6 is 27.7 Å². The summed E-state index contributed by atoms with van der Waals surface area (Å²) in [6.45, 7) is 1.98. The molecule has 2 aromatic carbocycles. The summed E-state index contributed by atoms with van der Waals surface area (Å²) >= 11 is 5.32. The average Bonchev–Trinajstić information content (AvgIpc) is 2.53. The maximum atomic E-state index is 5.61. The second-order valence-corrected chi connectivity index (χ2v) is 6.41. The van der Waals surface area contributed by atoms with Crippen molar-refractivity contribution in [1.29, 1.82) is 0 Å². The molecule has 3 nitrogen and oxygen atoms in total. The third-order valence-corrected chi connectivity index (χ3v) is 4.67. The van der Waals surface area contributed by atoms with Crippen LogP contribution in [0.4, 0.5) is 5.69 Å². The molecule has 0 saturated carbocycles. The lowest BCUT2D eigenvalue weighted by atomic mass is 10.2. The minimum Gasteiger partial charge on any atom is -0.486 e. The van der Waals surface area contributed by atoms with Crippen LogP contribution in [0.5, 0.6) is 11.5 Å². The van der Waals surface area contributed by atoms with Crippen molar-refractivity contribution in [3.63, 3.8) is 0 Å². The maximum absolute atomic E-state index is 5.61. The van der Waals surface area contributed by atoms with Crippen molar-refractivity contribution in [2.24, 2.45) is 0 Å². The van der Waals surface area contributed by atoms with Crippen molar-refractivity contribution < 1.29 is 9.47 Å². The van der Waals surface area contributed by atoms with E-state index in [1.165, 1.54) is 10.5 Å². The molecule has 0 aromatic heterocycles. The third-order valence-electron chi connectivity index (χ3n) is 3.27. The van der Waals surface area contributed by atoms with Gasteiger partial charge in [0.1, 0.15) is 13.2 Å². The van der Waals surface area contributed by atoms with Gasteiger partial charge in [0.05, 0.1) is 5.69 Å². The second kappa shape index (κ2) is 6.62. The summed E-state index contributed by atoms with van der Waals surface area (Å²) in [5.74, 6) is 1.59. The van der Waals surface area contributed by atoms with Gasteiger partial charge in [0.2, 0.25) is 0 Å². The minimum atomic E-state index is 0.601. The van der Waals surface area contributed by atoms with Crippen molar-refractivity contribution in [1.82, 2.24) is 0 Å². The largest absolute Gasteiger partial charge is 0.486 e. The fourth-order valence-electron chi connectivity index (χ4n) is 2.14. The molecule has 0 bridgehead atoms. The van der Waals surface area contributed by atoms with E-state index >= 15 is 0 Å². The fraction of sp³-hybridized carbons (Fsp3) is 0.250.